The standard InChI is InChI=1S/C45H65ClN4O7S/c1-7-37(26-54-4)49-21-19-48(20-22-49)29-45(56-6)18-16-31(2)32(3)42(27-55-5)58(52,53)47-43(51)34-11-15-41-40(24-34)50(25-35-10-13-39(35)45)28-44(30-57-41)17-8-9-33-23-36(46)12-14-38(33)44/h11-12,14-16,18,23-24,31-32,35,37,39,42H,7-10,13,17,19-22,25-30H2,1-6H3,(H,47,51)/b18-16+/t31-,32-,35-,37?,39+,42+,44-,45-/m0/s1. The van der Waals surface area contributed by atoms with Gasteiger partial charge in [0.15, 0.2) is 0 Å². The first-order valence-corrected chi connectivity index (χ1v) is 23.3. The number of fused-ring (bicyclic) bond motifs is 4. The third-order valence-corrected chi connectivity index (χ3v) is 16.5. The van der Waals surface area contributed by atoms with E-state index in [-0.39, 0.29) is 35.3 Å². The van der Waals surface area contributed by atoms with Crippen LogP contribution >= 0.6 is 11.6 Å². The number of rotatable bonds is 9. The number of benzene rings is 2. The molecule has 58 heavy (non-hydrogen) atoms. The van der Waals surface area contributed by atoms with Crippen molar-refractivity contribution in [3.05, 3.63) is 70.3 Å². The third kappa shape index (κ3) is 8.72. The van der Waals surface area contributed by atoms with Crippen molar-refractivity contribution in [3.8, 4) is 5.75 Å². The lowest BCUT2D eigenvalue weighted by molar-refractivity contribution is -0.0972. The number of nitrogens with one attached hydrogen (secondary N) is 1. The Hall–Kier alpha value is -2.71. The van der Waals surface area contributed by atoms with Crippen LogP contribution in [-0.2, 0) is 36.1 Å². The maximum absolute atomic E-state index is 14.1. The largest absolute Gasteiger partial charge is 0.490 e. The van der Waals surface area contributed by atoms with E-state index in [2.05, 4.69) is 57.6 Å². The Morgan fingerprint density at radius 2 is 1.83 bits per heavy atom. The van der Waals surface area contributed by atoms with Crippen molar-refractivity contribution in [1.82, 2.24) is 14.5 Å². The summed E-state index contributed by atoms with van der Waals surface area (Å²) in [5.74, 6) is 0.0338. The molecule has 1 saturated heterocycles. The molecule has 1 amide bonds. The first-order chi connectivity index (χ1) is 27.9. The van der Waals surface area contributed by atoms with Crippen molar-refractivity contribution in [2.45, 2.75) is 81.6 Å². The van der Waals surface area contributed by atoms with Crippen LogP contribution in [0, 0.1) is 23.7 Å². The van der Waals surface area contributed by atoms with Crippen molar-refractivity contribution < 1.29 is 32.2 Å². The normalized spacial score (nSPS) is 32.8. The highest BCUT2D eigenvalue weighted by Gasteiger charge is 2.50. The minimum absolute atomic E-state index is 0.0469. The van der Waals surface area contributed by atoms with Gasteiger partial charge in [-0.1, -0.05) is 50.6 Å². The zero-order valence-electron chi connectivity index (χ0n) is 35.4. The Bertz CT molecular complexity index is 1910. The molecule has 3 aliphatic heterocycles. The molecule has 1 spiro atoms. The zero-order chi connectivity index (χ0) is 41.2. The summed E-state index contributed by atoms with van der Waals surface area (Å²) >= 11 is 6.53. The SMILES string of the molecule is CCC(COC)N1CCN(C[C@@]2(OC)/C=C/[C@H](C)[C@H](C)[C@@H](COC)S(=O)(=O)NC(=O)c3ccc4c(c3)N(C[C@@H]3CC[C@H]32)C[C@@]2(CCCc3cc(Cl)ccc32)CO4)CC1. The van der Waals surface area contributed by atoms with E-state index in [1.54, 1.807) is 13.2 Å². The molecule has 13 heteroatoms. The molecule has 2 bridgehead atoms. The fraction of sp³-hybridized carbons (Fsp3) is 0.667. The van der Waals surface area contributed by atoms with Gasteiger partial charge in [0.2, 0.25) is 10.0 Å². The van der Waals surface area contributed by atoms with E-state index >= 15 is 0 Å². The number of anilines is 1. The number of nitrogens with zero attached hydrogens (tertiary/aromatic N) is 3. The number of methoxy groups -OCH3 is 3. The quantitative estimate of drug-likeness (QED) is 0.294. The number of sulfonamides is 1. The van der Waals surface area contributed by atoms with Crippen LogP contribution in [0.25, 0.3) is 0 Å². The molecule has 2 aromatic carbocycles. The van der Waals surface area contributed by atoms with Gasteiger partial charge >= 0.3 is 0 Å². The van der Waals surface area contributed by atoms with Gasteiger partial charge in [-0.3, -0.25) is 14.6 Å². The summed E-state index contributed by atoms with van der Waals surface area (Å²) in [6.07, 6.45) is 10.5. The monoisotopic (exact) mass is 840 g/mol. The second-order valence-corrected chi connectivity index (χ2v) is 20.1. The van der Waals surface area contributed by atoms with Crippen molar-refractivity contribution in [3.63, 3.8) is 0 Å². The summed E-state index contributed by atoms with van der Waals surface area (Å²) in [6.45, 7) is 13.4. The molecule has 0 aromatic heterocycles. The number of carbonyl (C=O) groups is 1. The first kappa shape index (κ1) is 43.4. The van der Waals surface area contributed by atoms with Gasteiger partial charge in [-0.2, -0.15) is 0 Å². The van der Waals surface area contributed by atoms with E-state index in [1.165, 1.54) is 18.2 Å². The highest BCUT2D eigenvalue weighted by atomic mass is 35.5. The minimum Gasteiger partial charge on any atom is -0.490 e. The van der Waals surface area contributed by atoms with Crippen molar-refractivity contribution in [2.24, 2.45) is 23.7 Å². The molecular formula is C45H65ClN4O7S. The average Bonchev–Trinajstić information content (AvgIpc) is 3.35. The molecule has 2 fully saturated rings. The number of carbonyl (C=O) groups excluding carboxylic acids is 1. The van der Waals surface area contributed by atoms with Gasteiger partial charge in [0.1, 0.15) is 16.6 Å². The molecule has 1 N–H and O–H groups in total. The highest BCUT2D eigenvalue weighted by Crippen LogP contribution is 2.49. The predicted molar refractivity (Wildman–Crippen MR) is 230 cm³/mol. The molecule has 2 aliphatic carbocycles. The van der Waals surface area contributed by atoms with E-state index in [4.69, 9.17) is 30.5 Å². The van der Waals surface area contributed by atoms with Crippen LogP contribution in [0.5, 0.6) is 5.75 Å². The van der Waals surface area contributed by atoms with Crippen LogP contribution in [0.2, 0.25) is 5.02 Å². The Labute approximate surface area is 351 Å². The fourth-order valence-electron chi connectivity index (χ4n) is 10.6. The van der Waals surface area contributed by atoms with Gasteiger partial charge in [-0.15, -0.1) is 0 Å². The predicted octanol–water partition coefficient (Wildman–Crippen LogP) is 6.18. The molecule has 7 rings (SSSR count). The number of hydrogen-bond acceptors (Lipinski definition) is 10. The van der Waals surface area contributed by atoms with E-state index < -0.39 is 26.8 Å². The lowest BCUT2D eigenvalue weighted by Gasteiger charge is -2.52. The van der Waals surface area contributed by atoms with E-state index in [0.29, 0.717) is 30.9 Å². The van der Waals surface area contributed by atoms with Crippen LogP contribution in [-0.4, -0.2) is 128 Å². The number of piperazine rings is 1. The zero-order valence-corrected chi connectivity index (χ0v) is 37.0. The third-order valence-electron chi connectivity index (χ3n) is 14.5. The fourth-order valence-corrected chi connectivity index (χ4v) is 12.5. The first-order valence-electron chi connectivity index (χ1n) is 21.4. The molecule has 1 saturated carbocycles. The number of ether oxygens (including phenoxy) is 4. The Balaban J connectivity index is 1.29. The van der Waals surface area contributed by atoms with Gasteiger partial charge in [-0.25, -0.2) is 13.1 Å². The number of halogens is 1. The van der Waals surface area contributed by atoms with Crippen LogP contribution in [0.1, 0.15) is 74.4 Å². The summed E-state index contributed by atoms with van der Waals surface area (Å²) in [7, 11) is 0.987. The van der Waals surface area contributed by atoms with Gasteiger partial charge in [-0.05, 0) is 104 Å². The summed E-state index contributed by atoms with van der Waals surface area (Å²) < 4.78 is 55.2. The minimum atomic E-state index is -4.15. The van der Waals surface area contributed by atoms with Gasteiger partial charge in [0.25, 0.3) is 5.91 Å². The Kier molecular flexibility index (Phi) is 13.5. The molecule has 8 atom stereocenters. The maximum atomic E-state index is 14.1. The lowest BCUT2D eigenvalue weighted by Crippen LogP contribution is -2.60. The molecule has 320 valence electrons. The van der Waals surface area contributed by atoms with Crippen molar-refractivity contribution in [1.29, 1.82) is 0 Å². The topological polar surface area (TPSA) is 110 Å². The molecule has 11 nitrogen and oxygen atoms in total. The average molecular weight is 842 g/mol. The van der Waals surface area contributed by atoms with E-state index in [1.807, 2.05) is 32.2 Å². The molecule has 3 heterocycles. The van der Waals surface area contributed by atoms with Crippen LogP contribution in [0.4, 0.5) is 5.69 Å². The van der Waals surface area contributed by atoms with Gasteiger partial charge < -0.3 is 23.8 Å². The number of hydrogen-bond donors (Lipinski definition) is 1. The van der Waals surface area contributed by atoms with E-state index in [9.17, 15) is 13.2 Å². The summed E-state index contributed by atoms with van der Waals surface area (Å²) in [4.78, 5) is 21.5. The number of amides is 1. The molecule has 1 unspecified atom stereocenters. The Morgan fingerprint density at radius 1 is 1.03 bits per heavy atom. The number of allylic oxidation sites excluding steroid dienone is 1. The van der Waals surface area contributed by atoms with Gasteiger partial charge in [0, 0.05) is 89.2 Å². The smallest absolute Gasteiger partial charge is 0.264 e. The maximum Gasteiger partial charge on any atom is 0.264 e. The summed E-state index contributed by atoms with van der Waals surface area (Å²) in [5, 5.41) is -0.224. The van der Waals surface area contributed by atoms with Crippen LogP contribution in [0.3, 0.4) is 0 Å². The molecule has 2 aromatic rings. The van der Waals surface area contributed by atoms with Crippen LogP contribution in [0.15, 0.2) is 48.6 Å². The summed E-state index contributed by atoms with van der Waals surface area (Å²) in [6, 6.07) is 12.0. The second-order valence-electron chi connectivity index (χ2n) is 17.8. The van der Waals surface area contributed by atoms with E-state index in [0.717, 1.165) is 95.1 Å². The Morgan fingerprint density at radius 3 is 2.52 bits per heavy atom. The highest BCUT2D eigenvalue weighted by molar-refractivity contribution is 7.90. The molecule has 5 aliphatic rings. The number of aryl methyl sites for hydroxylation is 1. The van der Waals surface area contributed by atoms with Crippen molar-refractivity contribution >= 4 is 33.2 Å². The van der Waals surface area contributed by atoms with Crippen molar-refractivity contribution in [2.75, 3.05) is 91.9 Å². The molecular weight excluding hydrogens is 776 g/mol. The summed E-state index contributed by atoms with van der Waals surface area (Å²) in [5.41, 5.74) is 2.73. The van der Waals surface area contributed by atoms with Gasteiger partial charge in [0.05, 0.1) is 25.5 Å². The molecule has 0 radical (unpaired) electrons. The second kappa shape index (κ2) is 18.1. The lowest BCUT2D eigenvalue weighted by atomic mass is 9.63. The van der Waals surface area contributed by atoms with Crippen LogP contribution < -0.4 is 14.4 Å².